The average molecular weight is 159 g/mol. The standard InChI is InChI=1S/C7H13NO3/c1-6(9)4-2-3-5-11-7(8)10/h2-3,6,9H,4-5H2,1H3,(H2,8,10)/b3-2-. The number of primary amides is 1. The number of carbonyl (C=O) groups excluding carboxylic acids is 1. The van der Waals surface area contributed by atoms with E-state index < -0.39 is 6.09 Å². The van der Waals surface area contributed by atoms with Crippen LogP contribution in [0.25, 0.3) is 0 Å². The third-order valence-electron chi connectivity index (χ3n) is 0.966. The third kappa shape index (κ3) is 8.97. The van der Waals surface area contributed by atoms with Crippen molar-refractivity contribution in [2.45, 2.75) is 19.4 Å². The largest absolute Gasteiger partial charge is 0.445 e. The summed E-state index contributed by atoms with van der Waals surface area (Å²) in [5.41, 5.74) is 4.69. The van der Waals surface area contributed by atoms with Crippen LogP contribution in [0.4, 0.5) is 4.79 Å². The summed E-state index contributed by atoms with van der Waals surface area (Å²) < 4.78 is 4.39. The van der Waals surface area contributed by atoms with Crippen LogP contribution in [0.3, 0.4) is 0 Å². The van der Waals surface area contributed by atoms with Crippen LogP contribution >= 0.6 is 0 Å². The summed E-state index contributed by atoms with van der Waals surface area (Å²) in [6, 6.07) is 0. The summed E-state index contributed by atoms with van der Waals surface area (Å²) in [7, 11) is 0. The Balaban J connectivity index is 3.23. The van der Waals surface area contributed by atoms with Gasteiger partial charge in [0.25, 0.3) is 0 Å². The zero-order chi connectivity index (χ0) is 8.69. The predicted octanol–water partition coefficient (Wildman–Crippen LogP) is 0.409. The fourth-order valence-electron chi connectivity index (χ4n) is 0.491. The van der Waals surface area contributed by atoms with Gasteiger partial charge >= 0.3 is 6.09 Å². The smallest absolute Gasteiger partial charge is 0.404 e. The maximum atomic E-state index is 10.0. The summed E-state index contributed by atoms with van der Waals surface area (Å²) in [6.07, 6.45) is 2.78. The lowest BCUT2D eigenvalue weighted by atomic mass is 10.3. The highest BCUT2D eigenvalue weighted by molar-refractivity contribution is 5.64. The normalized spacial score (nSPS) is 13.3. The minimum Gasteiger partial charge on any atom is -0.445 e. The van der Waals surface area contributed by atoms with Crippen molar-refractivity contribution in [3.05, 3.63) is 12.2 Å². The van der Waals surface area contributed by atoms with Gasteiger partial charge in [0.1, 0.15) is 6.61 Å². The number of amides is 1. The molecule has 0 aliphatic heterocycles. The molecule has 0 spiro atoms. The average Bonchev–Trinajstić information content (AvgIpc) is 1.85. The van der Waals surface area contributed by atoms with Gasteiger partial charge in [-0.2, -0.15) is 0 Å². The molecule has 0 aliphatic carbocycles. The Hall–Kier alpha value is -1.03. The van der Waals surface area contributed by atoms with E-state index in [0.717, 1.165) is 0 Å². The molecule has 64 valence electrons. The Morgan fingerprint density at radius 2 is 2.36 bits per heavy atom. The Kier molecular flexibility index (Phi) is 5.20. The van der Waals surface area contributed by atoms with E-state index >= 15 is 0 Å². The summed E-state index contributed by atoms with van der Waals surface area (Å²) in [5, 5.41) is 8.78. The van der Waals surface area contributed by atoms with Crippen LogP contribution in [0.2, 0.25) is 0 Å². The molecule has 0 saturated heterocycles. The zero-order valence-corrected chi connectivity index (χ0v) is 6.49. The van der Waals surface area contributed by atoms with Crippen LogP contribution < -0.4 is 5.73 Å². The molecule has 3 N–H and O–H groups in total. The van der Waals surface area contributed by atoms with Crippen molar-refractivity contribution < 1.29 is 14.6 Å². The van der Waals surface area contributed by atoms with Gasteiger partial charge in [0.05, 0.1) is 6.10 Å². The first-order chi connectivity index (χ1) is 5.13. The van der Waals surface area contributed by atoms with E-state index in [1.165, 1.54) is 0 Å². The van der Waals surface area contributed by atoms with E-state index in [0.29, 0.717) is 6.42 Å². The van der Waals surface area contributed by atoms with Crippen molar-refractivity contribution >= 4 is 6.09 Å². The molecule has 0 aromatic carbocycles. The molecular formula is C7H13NO3. The SMILES string of the molecule is CC(O)C/C=C\COC(N)=O. The van der Waals surface area contributed by atoms with Crippen LogP contribution in [0.15, 0.2) is 12.2 Å². The highest BCUT2D eigenvalue weighted by Crippen LogP contribution is 1.90. The van der Waals surface area contributed by atoms with Crippen molar-refractivity contribution in [3.63, 3.8) is 0 Å². The van der Waals surface area contributed by atoms with Crippen LogP contribution in [-0.4, -0.2) is 23.9 Å². The van der Waals surface area contributed by atoms with Crippen molar-refractivity contribution in [1.29, 1.82) is 0 Å². The number of rotatable bonds is 4. The molecule has 11 heavy (non-hydrogen) atoms. The Labute approximate surface area is 65.6 Å². The maximum absolute atomic E-state index is 10.0. The Bertz CT molecular complexity index is 143. The summed E-state index contributed by atoms with van der Waals surface area (Å²) in [5.74, 6) is 0. The van der Waals surface area contributed by atoms with Gasteiger partial charge in [-0.3, -0.25) is 0 Å². The second-order valence-corrected chi connectivity index (χ2v) is 2.19. The van der Waals surface area contributed by atoms with Crippen LogP contribution in [0, 0.1) is 0 Å². The molecule has 1 atom stereocenters. The molecule has 0 fully saturated rings. The van der Waals surface area contributed by atoms with Gasteiger partial charge in [0.2, 0.25) is 0 Å². The summed E-state index contributed by atoms with van der Waals surface area (Å²) in [6.45, 7) is 1.85. The van der Waals surface area contributed by atoms with E-state index in [2.05, 4.69) is 4.74 Å². The number of aliphatic hydroxyl groups is 1. The van der Waals surface area contributed by atoms with Gasteiger partial charge in [-0.05, 0) is 13.3 Å². The number of carbonyl (C=O) groups is 1. The number of nitrogens with two attached hydrogens (primary N) is 1. The second kappa shape index (κ2) is 5.73. The molecule has 1 amide bonds. The van der Waals surface area contributed by atoms with Crippen LogP contribution in [0.1, 0.15) is 13.3 Å². The first kappa shape index (κ1) is 9.97. The number of hydrogen-bond acceptors (Lipinski definition) is 3. The lowest BCUT2D eigenvalue weighted by Gasteiger charge is -1.96. The molecule has 0 aliphatic rings. The fourth-order valence-corrected chi connectivity index (χ4v) is 0.491. The monoisotopic (exact) mass is 159 g/mol. The van der Waals surface area contributed by atoms with Crippen LogP contribution in [-0.2, 0) is 4.74 Å². The molecular weight excluding hydrogens is 146 g/mol. The molecule has 0 aromatic rings. The van der Waals surface area contributed by atoms with E-state index in [1.54, 1.807) is 19.1 Å². The van der Waals surface area contributed by atoms with Crippen molar-refractivity contribution in [1.82, 2.24) is 0 Å². The second-order valence-electron chi connectivity index (χ2n) is 2.19. The quantitative estimate of drug-likeness (QED) is 0.583. The molecule has 0 rings (SSSR count). The van der Waals surface area contributed by atoms with Gasteiger partial charge in [0, 0.05) is 0 Å². The molecule has 0 aromatic heterocycles. The Morgan fingerprint density at radius 3 is 2.82 bits per heavy atom. The molecule has 0 bridgehead atoms. The highest BCUT2D eigenvalue weighted by atomic mass is 16.5. The van der Waals surface area contributed by atoms with E-state index in [1.807, 2.05) is 0 Å². The summed E-state index contributed by atoms with van der Waals surface area (Å²) >= 11 is 0. The van der Waals surface area contributed by atoms with E-state index in [-0.39, 0.29) is 12.7 Å². The van der Waals surface area contributed by atoms with Gasteiger partial charge in [0.15, 0.2) is 0 Å². The minimum absolute atomic E-state index is 0.169. The number of aliphatic hydroxyl groups excluding tert-OH is 1. The Morgan fingerprint density at radius 1 is 1.73 bits per heavy atom. The third-order valence-corrected chi connectivity index (χ3v) is 0.966. The number of ether oxygens (including phenoxy) is 1. The first-order valence-electron chi connectivity index (χ1n) is 3.38. The van der Waals surface area contributed by atoms with Gasteiger partial charge in [-0.25, -0.2) is 4.79 Å². The highest BCUT2D eigenvalue weighted by Gasteiger charge is 1.90. The van der Waals surface area contributed by atoms with Gasteiger partial charge < -0.3 is 15.6 Å². The maximum Gasteiger partial charge on any atom is 0.404 e. The molecule has 1 unspecified atom stereocenters. The topological polar surface area (TPSA) is 72.6 Å². The lowest BCUT2D eigenvalue weighted by molar-refractivity contribution is 0.169. The fraction of sp³-hybridized carbons (Fsp3) is 0.571. The molecule has 4 heteroatoms. The zero-order valence-electron chi connectivity index (χ0n) is 6.49. The molecule has 4 nitrogen and oxygen atoms in total. The summed E-state index contributed by atoms with van der Waals surface area (Å²) in [4.78, 5) is 10.0. The van der Waals surface area contributed by atoms with Crippen molar-refractivity contribution in [3.8, 4) is 0 Å². The molecule has 0 heterocycles. The molecule has 0 saturated carbocycles. The van der Waals surface area contributed by atoms with Gasteiger partial charge in [-0.1, -0.05) is 12.2 Å². The minimum atomic E-state index is -0.785. The molecule has 0 radical (unpaired) electrons. The van der Waals surface area contributed by atoms with Crippen LogP contribution in [0.5, 0.6) is 0 Å². The number of hydrogen-bond donors (Lipinski definition) is 2. The van der Waals surface area contributed by atoms with Gasteiger partial charge in [-0.15, -0.1) is 0 Å². The van der Waals surface area contributed by atoms with E-state index in [9.17, 15) is 4.79 Å². The van der Waals surface area contributed by atoms with Crippen molar-refractivity contribution in [2.24, 2.45) is 5.73 Å². The predicted molar refractivity (Wildman–Crippen MR) is 41.0 cm³/mol. The van der Waals surface area contributed by atoms with E-state index in [4.69, 9.17) is 10.8 Å². The first-order valence-corrected chi connectivity index (χ1v) is 3.38. The lowest BCUT2D eigenvalue weighted by Crippen LogP contribution is -2.12. The van der Waals surface area contributed by atoms with Crippen molar-refractivity contribution in [2.75, 3.05) is 6.61 Å².